The predicted octanol–water partition coefficient (Wildman–Crippen LogP) is 3.63. The Hall–Kier alpha value is -3.93. The Balaban J connectivity index is 1.52. The van der Waals surface area contributed by atoms with E-state index in [0.717, 1.165) is 5.56 Å². The van der Waals surface area contributed by atoms with E-state index in [2.05, 4.69) is 0 Å². The van der Waals surface area contributed by atoms with Gasteiger partial charge in [-0.05, 0) is 29.8 Å². The lowest BCUT2D eigenvalue weighted by molar-refractivity contribution is -0.0586. The molecule has 0 saturated heterocycles. The molecule has 6 heteroatoms. The molecule has 1 heterocycles. The topological polar surface area (TPSA) is 72.9 Å². The fraction of sp³-hybridized carbons (Fsp3) is 0.0455. The number of rotatable bonds is 5. The lowest BCUT2D eigenvalue weighted by Gasteiger charge is -2.15. The van der Waals surface area contributed by atoms with Gasteiger partial charge in [-0.3, -0.25) is 9.59 Å². The molecule has 0 fully saturated rings. The highest BCUT2D eigenvalue weighted by Gasteiger charge is 2.39. The van der Waals surface area contributed by atoms with Crippen molar-refractivity contribution in [1.29, 1.82) is 0 Å². The number of imide groups is 1. The first-order chi connectivity index (χ1) is 13.6. The second kappa shape index (κ2) is 7.36. The van der Waals surface area contributed by atoms with Crippen molar-refractivity contribution in [3.63, 3.8) is 0 Å². The highest BCUT2D eigenvalue weighted by Crippen LogP contribution is 2.25. The monoisotopic (exact) mass is 373 g/mol. The number of carbonyl (C=O) groups is 3. The van der Waals surface area contributed by atoms with E-state index >= 15 is 0 Å². The van der Waals surface area contributed by atoms with Gasteiger partial charge in [-0.25, -0.2) is 4.79 Å². The van der Waals surface area contributed by atoms with Crippen LogP contribution in [0.15, 0.2) is 78.9 Å². The zero-order valence-corrected chi connectivity index (χ0v) is 14.7. The number of nitrogens with zero attached hydrogens (tertiary/aromatic N) is 1. The van der Waals surface area contributed by atoms with Crippen molar-refractivity contribution < 1.29 is 24.0 Å². The van der Waals surface area contributed by atoms with Gasteiger partial charge >= 0.3 is 5.97 Å². The molecule has 0 N–H and O–H groups in total. The molecule has 0 unspecified atom stereocenters. The number of benzene rings is 3. The Kier molecular flexibility index (Phi) is 4.60. The normalized spacial score (nSPS) is 12.6. The third-order valence-corrected chi connectivity index (χ3v) is 4.28. The van der Waals surface area contributed by atoms with Crippen LogP contribution in [0.1, 0.15) is 36.6 Å². The summed E-state index contributed by atoms with van der Waals surface area (Å²) in [4.78, 5) is 42.5. The maximum atomic E-state index is 12.6. The van der Waals surface area contributed by atoms with Gasteiger partial charge in [0.25, 0.3) is 11.8 Å². The minimum atomic E-state index is -0.849. The largest absolute Gasteiger partial charge is 0.488 e. The summed E-state index contributed by atoms with van der Waals surface area (Å²) in [6.07, 6.45) is 0. The molecular weight excluding hydrogens is 358 g/mol. The van der Waals surface area contributed by atoms with Crippen LogP contribution in [-0.2, 0) is 11.4 Å². The van der Waals surface area contributed by atoms with Crippen LogP contribution in [0.25, 0.3) is 0 Å². The number of para-hydroxylation sites is 1. The van der Waals surface area contributed by atoms with Gasteiger partial charge in [0.1, 0.15) is 17.9 Å². The van der Waals surface area contributed by atoms with E-state index < -0.39 is 17.8 Å². The second-order valence-electron chi connectivity index (χ2n) is 6.10. The summed E-state index contributed by atoms with van der Waals surface area (Å²) in [6, 6.07) is 22.3. The van der Waals surface area contributed by atoms with E-state index in [1.165, 1.54) is 18.2 Å². The number of fused-ring (bicyclic) bond motifs is 1. The van der Waals surface area contributed by atoms with E-state index in [4.69, 9.17) is 9.57 Å². The Morgan fingerprint density at radius 3 is 2.00 bits per heavy atom. The molecule has 138 valence electrons. The fourth-order valence-corrected chi connectivity index (χ4v) is 2.88. The highest BCUT2D eigenvalue weighted by atomic mass is 16.7. The molecule has 0 aliphatic carbocycles. The van der Waals surface area contributed by atoms with Crippen LogP contribution < -0.4 is 4.74 Å². The van der Waals surface area contributed by atoms with Crippen LogP contribution in [0.3, 0.4) is 0 Å². The molecule has 0 bridgehead atoms. The molecule has 3 aromatic rings. The zero-order valence-electron chi connectivity index (χ0n) is 14.7. The molecule has 3 aromatic carbocycles. The zero-order chi connectivity index (χ0) is 19.5. The fourth-order valence-electron chi connectivity index (χ4n) is 2.88. The first-order valence-corrected chi connectivity index (χ1v) is 8.61. The summed E-state index contributed by atoms with van der Waals surface area (Å²) in [7, 11) is 0. The van der Waals surface area contributed by atoms with E-state index in [9.17, 15) is 14.4 Å². The molecule has 0 atom stereocenters. The molecular formula is C22H15NO5. The summed E-state index contributed by atoms with van der Waals surface area (Å²) in [5.41, 5.74) is 1.46. The number of amides is 2. The van der Waals surface area contributed by atoms with Crippen molar-refractivity contribution in [3.8, 4) is 5.75 Å². The van der Waals surface area contributed by atoms with Crippen LogP contribution >= 0.6 is 0 Å². The van der Waals surface area contributed by atoms with Crippen molar-refractivity contribution >= 4 is 17.8 Å². The van der Waals surface area contributed by atoms with Crippen molar-refractivity contribution in [2.75, 3.05) is 0 Å². The second-order valence-corrected chi connectivity index (χ2v) is 6.10. The minimum Gasteiger partial charge on any atom is -0.488 e. The van der Waals surface area contributed by atoms with Crippen LogP contribution in [-0.4, -0.2) is 22.8 Å². The molecule has 0 aromatic heterocycles. The third kappa shape index (κ3) is 3.23. The molecule has 28 heavy (non-hydrogen) atoms. The number of ether oxygens (including phenoxy) is 1. The average Bonchev–Trinajstić information content (AvgIpc) is 2.98. The van der Waals surface area contributed by atoms with Crippen LogP contribution in [0, 0.1) is 0 Å². The van der Waals surface area contributed by atoms with Crippen molar-refractivity contribution in [2.45, 2.75) is 6.61 Å². The minimum absolute atomic E-state index is 0.120. The Bertz CT molecular complexity index is 1030. The van der Waals surface area contributed by atoms with Crippen LogP contribution in [0.4, 0.5) is 0 Å². The first-order valence-electron chi connectivity index (χ1n) is 8.61. The summed E-state index contributed by atoms with van der Waals surface area (Å²) >= 11 is 0. The number of hydrogen-bond acceptors (Lipinski definition) is 5. The summed E-state index contributed by atoms with van der Waals surface area (Å²) in [5.74, 6) is -1.89. The Morgan fingerprint density at radius 1 is 0.750 bits per heavy atom. The van der Waals surface area contributed by atoms with Gasteiger partial charge in [0, 0.05) is 0 Å². The summed E-state index contributed by atoms with van der Waals surface area (Å²) in [5, 5.41) is 0.487. The van der Waals surface area contributed by atoms with Crippen molar-refractivity contribution in [1.82, 2.24) is 5.06 Å². The van der Waals surface area contributed by atoms with Gasteiger partial charge < -0.3 is 9.57 Å². The van der Waals surface area contributed by atoms with Crippen LogP contribution in [0.5, 0.6) is 5.75 Å². The quantitative estimate of drug-likeness (QED) is 0.639. The van der Waals surface area contributed by atoms with Crippen molar-refractivity contribution in [2.24, 2.45) is 0 Å². The standard InChI is InChI=1S/C22H15NO5/c24-20-16-10-4-5-11-17(16)21(25)23(20)28-22(26)18-12-6-7-13-19(18)27-14-15-8-2-1-3-9-15/h1-13H,14H2. The lowest BCUT2D eigenvalue weighted by Crippen LogP contribution is -2.32. The molecule has 1 aliphatic rings. The van der Waals surface area contributed by atoms with Gasteiger partial charge in [0.05, 0.1) is 11.1 Å². The predicted molar refractivity (Wildman–Crippen MR) is 99.6 cm³/mol. The molecule has 2 amide bonds. The molecule has 0 saturated carbocycles. The smallest absolute Gasteiger partial charge is 0.367 e. The molecule has 4 rings (SSSR count). The Labute approximate surface area is 160 Å². The molecule has 0 radical (unpaired) electrons. The van der Waals surface area contributed by atoms with Crippen molar-refractivity contribution in [3.05, 3.63) is 101 Å². The van der Waals surface area contributed by atoms with Gasteiger partial charge in [0.2, 0.25) is 0 Å². The van der Waals surface area contributed by atoms with E-state index in [0.29, 0.717) is 10.8 Å². The number of carbonyl (C=O) groups excluding carboxylic acids is 3. The first kappa shape index (κ1) is 17.5. The Morgan fingerprint density at radius 2 is 1.32 bits per heavy atom. The molecule has 1 aliphatic heterocycles. The van der Waals surface area contributed by atoms with Crippen LogP contribution in [0.2, 0.25) is 0 Å². The van der Waals surface area contributed by atoms with E-state index in [1.807, 2.05) is 30.3 Å². The van der Waals surface area contributed by atoms with Gasteiger partial charge in [-0.1, -0.05) is 59.7 Å². The van der Waals surface area contributed by atoms with Gasteiger partial charge in [-0.2, -0.15) is 0 Å². The van der Waals surface area contributed by atoms with Gasteiger partial charge in [0.15, 0.2) is 0 Å². The highest BCUT2D eigenvalue weighted by molar-refractivity contribution is 6.21. The molecule has 6 nitrogen and oxygen atoms in total. The van der Waals surface area contributed by atoms with E-state index in [-0.39, 0.29) is 23.3 Å². The summed E-state index contributed by atoms with van der Waals surface area (Å²) < 4.78 is 5.74. The summed E-state index contributed by atoms with van der Waals surface area (Å²) in [6.45, 7) is 0.262. The molecule has 0 spiro atoms. The van der Waals surface area contributed by atoms with Gasteiger partial charge in [-0.15, -0.1) is 0 Å². The SMILES string of the molecule is O=C(ON1C(=O)c2ccccc2C1=O)c1ccccc1OCc1ccccc1. The maximum Gasteiger partial charge on any atom is 0.367 e. The number of hydrogen-bond donors (Lipinski definition) is 0. The lowest BCUT2D eigenvalue weighted by atomic mass is 10.1. The number of hydroxylamine groups is 2. The van der Waals surface area contributed by atoms with E-state index in [1.54, 1.807) is 30.3 Å². The maximum absolute atomic E-state index is 12.6. The average molecular weight is 373 g/mol. The third-order valence-electron chi connectivity index (χ3n) is 4.28.